The minimum absolute atomic E-state index is 0.469. The Balaban J connectivity index is 2.55. The summed E-state index contributed by atoms with van der Waals surface area (Å²) in [6.45, 7) is -0.469. The molecule has 1 atom stereocenters. The van der Waals surface area contributed by atoms with Crippen molar-refractivity contribution in [1.29, 1.82) is 0 Å². The van der Waals surface area contributed by atoms with Gasteiger partial charge in [0.15, 0.2) is 0 Å². The average Bonchev–Trinajstić information content (AvgIpc) is 2.60. The minimum atomic E-state index is -4.34. The fraction of sp³-hybridized carbons (Fsp3) is 0.273. The lowest BCUT2D eigenvalue weighted by molar-refractivity contribution is -0.164. The Labute approximate surface area is 104 Å². The third kappa shape index (κ3) is 2.32. The van der Waals surface area contributed by atoms with Crippen molar-refractivity contribution in [3.05, 3.63) is 34.9 Å². The SMILES string of the molecule is NCC(n1ccc2cc(Br)ccc21)C(F)(F)F. The molecule has 92 valence electrons. The second kappa shape index (κ2) is 4.34. The Morgan fingerprint density at radius 1 is 1.29 bits per heavy atom. The predicted molar refractivity (Wildman–Crippen MR) is 63.8 cm³/mol. The molecule has 1 heterocycles. The first-order valence-corrected chi connectivity index (χ1v) is 5.75. The summed E-state index contributed by atoms with van der Waals surface area (Å²) in [5.41, 5.74) is 5.75. The topological polar surface area (TPSA) is 30.9 Å². The molecule has 2 N–H and O–H groups in total. The van der Waals surface area contributed by atoms with Gasteiger partial charge in [0.2, 0.25) is 0 Å². The van der Waals surface area contributed by atoms with Gasteiger partial charge in [0.25, 0.3) is 0 Å². The van der Waals surface area contributed by atoms with Crippen molar-refractivity contribution >= 4 is 26.8 Å². The molecule has 0 radical (unpaired) electrons. The summed E-state index contributed by atoms with van der Waals surface area (Å²) in [6, 6.07) is 5.10. The number of rotatable bonds is 2. The van der Waals surface area contributed by atoms with E-state index >= 15 is 0 Å². The summed E-state index contributed by atoms with van der Waals surface area (Å²) in [7, 11) is 0. The Morgan fingerprint density at radius 3 is 2.59 bits per heavy atom. The van der Waals surface area contributed by atoms with E-state index in [1.54, 1.807) is 24.3 Å². The summed E-state index contributed by atoms with van der Waals surface area (Å²) >= 11 is 3.28. The first kappa shape index (κ1) is 12.4. The normalized spacial score (nSPS) is 14.2. The van der Waals surface area contributed by atoms with Crippen LogP contribution in [0.4, 0.5) is 13.2 Å². The molecule has 1 aromatic carbocycles. The van der Waals surface area contributed by atoms with E-state index in [4.69, 9.17) is 5.73 Å². The van der Waals surface area contributed by atoms with Crippen molar-refractivity contribution in [2.75, 3.05) is 6.54 Å². The number of hydrogen-bond acceptors (Lipinski definition) is 1. The summed E-state index contributed by atoms with van der Waals surface area (Å²) in [5.74, 6) is 0. The maximum Gasteiger partial charge on any atom is 0.410 e. The molecule has 0 saturated heterocycles. The van der Waals surface area contributed by atoms with Crippen LogP contribution >= 0.6 is 15.9 Å². The molecule has 0 spiro atoms. The Hall–Kier alpha value is -1.01. The first-order valence-electron chi connectivity index (χ1n) is 4.96. The third-order valence-electron chi connectivity index (χ3n) is 2.62. The van der Waals surface area contributed by atoms with E-state index in [0.717, 1.165) is 9.86 Å². The van der Waals surface area contributed by atoms with Crippen molar-refractivity contribution in [3.8, 4) is 0 Å². The molecule has 0 aliphatic heterocycles. The van der Waals surface area contributed by atoms with E-state index in [9.17, 15) is 13.2 Å². The van der Waals surface area contributed by atoms with Crippen molar-refractivity contribution in [3.63, 3.8) is 0 Å². The van der Waals surface area contributed by atoms with Gasteiger partial charge in [0, 0.05) is 28.1 Å². The quantitative estimate of drug-likeness (QED) is 0.905. The van der Waals surface area contributed by atoms with Crippen molar-refractivity contribution in [2.45, 2.75) is 12.2 Å². The van der Waals surface area contributed by atoms with Gasteiger partial charge in [0.05, 0.1) is 0 Å². The summed E-state index contributed by atoms with van der Waals surface area (Å²) in [6.07, 6.45) is -2.92. The van der Waals surface area contributed by atoms with Gasteiger partial charge >= 0.3 is 6.18 Å². The van der Waals surface area contributed by atoms with Crippen LogP contribution in [0.15, 0.2) is 34.9 Å². The Kier molecular flexibility index (Phi) is 3.18. The van der Waals surface area contributed by atoms with Gasteiger partial charge in [-0.25, -0.2) is 0 Å². The Bertz CT molecular complexity index is 533. The molecule has 0 aliphatic rings. The molecule has 2 aromatic rings. The lowest BCUT2D eigenvalue weighted by atomic mass is 10.2. The van der Waals surface area contributed by atoms with Gasteiger partial charge in [-0.1, -0.05) is 15.9 Å². The number of benzene rings is 1. The van der Waals surface area contributed by atoms with E-state index in [-0.39, 0.29) is 0 Å². The lowest BCUT2D eigenvalue weighted by Gasteiger charge is -2.21. The van der Waals surface area contributed by atoms with E-state index in [1.807, 2.05) is 0 Å². The highest BCUT2D eigenvalue weighted by Gasteiger charge is 2.40. The highest BCUT2D eigenvalue weighted by atomic mass is 79.9. The van der Waals surface area contributed by atoms with Crippen molar-refractivity contribution < 1.29 is 13.2 Å². The van der Waals surface area contributed by atoms with Gasteiger partial charge in [0.1, 0.15) is 6.04 Å². The average molecular weight is 307 g/mol. The number of aromatic nitrogens is 1. The molecule has 0 amide bonds. The minimum Gasteiger partial charge on any atom is -0.334 e. The van der Waals surface area contributed by atoms with Crippen LogP contribution in [0.1, 0.15) is 6.04 Å². The van der Waals surface area contributed by atoms with Crippen LogP contribution < -0.4 is 5.73 Å². The molecule has 2 rings (SSSR count). The fourth-order valence-electron chi connectivity index (χ4n) is 1.81. The molecule has 0 saturated carbocycles. The lowest BCUT2D eigenvalue weighted by Crippen LogP contribution is -2.32. The zero-order valence-corrected chi connectivity index (χ0v) is 10.3. The smallest absolute Gasteiger partial charge is 0.334 e. The standard InChI is InChI=1S/C11H10BrF3N2/c12-8-1-2-9-7(5-8)3-4-17(9)10(6-16)11(13,14)15/h1-5,10H,6,16H2. The molecule has 2 nitrogen and oxygen atoms in total. The van der Waals surface area contributed by atoms with Crippen LogP contribution in [0.5, 0.6) is 0 Å². The third-order valence-corrected chi connectivity index (χ3v) is 3.11. The van der Waals surface area contributed by atoms with Crippen molar-refractivity contribution in [2.24, 2.45) is 5.73 Å². The van der Waals surface area contributed by atoms with E-state index in [0.29, 0.717) is 5.52 Å². The van der Waals surface area contributed by atoms with E-state index in [1.165, 1.54) is 10.8 Å². The molecule has 17 heavy (non-hydrogen) atoms. The highest BCUT2D eigenvalue weighted by Crippen LogP contribution is 2.33. The van der Waals surface area contributed by atoms with Crippen LogP contribution in [-0.4, -0.2) is 17.3 Å². The molecule has 1 aromatic heterocycles. The maximum atomic E-state index is 12.8. The van der Waals surface area contributed by atoms with Crippen molar-refractivity contribution in [1.82, 2.24) is 4.57 Å². The molecular formula is C11H10BrF3N2. The highest BCUT2D eigenvalue weighted by molar-refractivity contribution is 9.10. The first-order chi connectivity index (χ1) is 7.93. The zero-order chi connectivity index (χ0) is 12.6. The van der Waals surface area contributed by atoms with Crippen LogP contribution in [-0.2, 0) is 0 Å². The number of fused-ring (bicyclic) bond motifs is 1. The van der Waals surface area contributed by atoms with E-state index < -0.39 is 18.8 Å². The van der Waals surface area contributed by atoms with E-state index in [2.05, 4.69) is 15.9 Å². The number of halogens is 4. The molecule has 0 bridgehead atoms. The molecule has 1 unspecified atom stereocenters. The summed E-state index contributed by atoms with van der Waals surface area (Å²) in [5, 5.41) is 0.752. The molecular weight excluding hydrogens is 297 g/mol. The number of alkyl halides is 3. The number of hydrogen-bond donors (Lipinski definition) is 1. The molecule has 0 aliphatic carbocycles. The largest absolute Gasteiger partial charge is 0.410 e. The van der Waals surface area contributed by atoms with Gasteiger partial charge in [-0.05, 0) is 24.3 Å². The van der Waals surface area contributed by atoms with Crippen LogP contribution in [0.2, 0.25) is 0 Å². The van der Waals surface area contributed by atoms with Crippen LogP contribution in [0, 0.1) is 0 Å². The van der Waals surface area contributed by atoms with Gasteiger partial charge < -0.3 is 10.3 Å². The van der Waals surface area contributed by atoms with Crippen LogP contribution in [0.3, 0.4) is 0 Å². The summed E-state index contributed by atoms with van der Waals surface area (Å²) in [4.78, 5) is 0. The monoisotopic (exact) mass is 306 g/mol. The maximum absolute atomic E-state index is 12.8. The Morgan fingerprint density at radius 2 is 2.00 bits per heavy atom. The predicted octanol–water partition coefficient (Wildman–Crippen LogP) is 3.47. The van der Waals surface area contributed by atoms with Gasteiger partial charge in [-0.2, -0.15) is 13.2 Å². The number of nitrogens with two attached hydrogens (primary N) is 1. The van der Waals surface area contributed by atoms with Gasteiger partial charge in [-0.15, -0.1) is 0 Å². The zero-order valence-electron chi connectivity index (χ0n) is 8.71. The molecule has 6 heteroatoms. The second-order valence-electron chi connectivity index (χ2n) is 3.72. The summed E-state index contributed by atoms with van der Waals surface area (Å²) < 4.78 is 40.3. The van der Waals surface area contributed by atoms with Crippen LogP contribution in [0.25, 0.3) is 10.9 Å². The fourth-order valence-corrected chi connectivity index (χ4v) is 2.19. The number of nitrogens with zero attached hydrogens (tertiary/aromatic N) is 1. The molecule has 0 fully saturated rings. The second-order valence-corrected chi connectivity index (χ2v) is 4.63. The van der Waals surface area contributed by atoms with Gasteiger partial charge in [-0.3, -0.25) is 0 Å².